The number of rotatable bonds is 4. The van der Waals surface area contributed by atoms with Crippen molar-refractivity contribution in [3.8, 4) is 11.1 Å². The fourth-order valence-corrected chi connectivity index (χ4v) is 6.47. The zero-order valence-electron chi connectivity index (χ0n) is 15.3. The smallest absolute Gasteiger partial charge is 0.336 e. The van der Waals surface area contributed by atoms with Crippen molar-refractivity contribution in [2.75, 3.05) is 11.5 Å². The van der Waals surface area contributed by atoms with Gasteiger partial charge in [-0.05, 0) is 41.8 Å². The number of pyridine rings is 1. The maximum absolute atomic E-state index is 13.0. The lowest BCUT2D eigenvalue weighted by Crippen LogP contribution is -2.35. The predicted octanol–water partition coefficient (Wildman–Crippen LogP) is 2.71. The summed E-state index contributed by atoms with van der Waals surface area (Å²) in [6, 6.07) is 7.44. The second kappa shape index (κ2) is 7.06. The van der Waals surface area contributed by atoms with E-state index < -0.39 is 37.8 Å². The first-order valence-corrected chi connectivity index (χ1v) is 12.1. The van der Waals surface area contributed by atoms with Crippen molar-refractivity contribution in [3.05, 3.63) is 48.3 Å². The highest BCUT2D eigenvalue weighted by molar-refractivity contribution is 7.92. The van der Waals surface area contributed by atoms with Crippen LogP contribution in [0.25, 0.3) is 22.2 Å². The molecule has 3 heterocycles. The zero-order chi connectivity index (χ0) is 21.7. The molecule has 4 rings (SSSR count). The lowest BCUT2D eigenvalue weighted by atomic mass is 10.0. The third kappa shape index (κ3) is 4.07. The quantitative estimate of drug-likeness (QED) is 0.624. The molecule has 0 saturated carbocycles. The minimum absolute atomic E-state index is 0.0618. The Morgan fingerprint density at radius 3 is 2.43 bits per heavy atom. The van der Waals surface area contributed by atoms with E-state index in [0.717, 1.165) is 6.07 Å². The standard InChI is InChI=1S/C18H16F3N3O4S2/c19-18(20,21)16-9-15-14(5-7-22-17(15)23-16)11-1-3-13(4-2-11)30(27,28)24-12-6-8-29(25,26)10-12/h1-5,7,9,12,24H,6,8,10H2,(H,22,23). The van der Waals surface area contributed by atoms with Gasteiger partial charge in [0.05, 0.1) is 16.4 Å². The van der Waals surface area contributed by atoms with Gasteiger partial charge in [0.15, 0.2) is 9.84 Å². The molecule has 2 aromatic heterocycles. The maximum atomic E-state index is 13.0. The summed E-state index contributed by atoms with van der Waals surface area (Å²) in [4.78, 5) is 6.09. The summed E-state index contributed by atoms with van der Waals surface area (Å²) < 4.78 is 89.5. The molecular weight excluding hydrogens is 443 g/mol. The molecule has 2 N–H and O–H groups in total. The van der Waals surface area contributed by atoms with Crippen molar-refractivity contribution >= 4 is 30.9 Å². The molecule has 1 aliphatic heterocycles. The van der Waals surface area contributed by atoms with Crippen LogP contribution in [0.5, 0.6) is 0 Å². The van der Waals surface area contributed by atoms with E-state index in [1.54, 1.807) is 6.07 Å². The average Bonchev–Trinajstić information content (AvgIpc) is 3.24. The van der Waals surface area contributed by atoms with Crippen LogP contribution in [0.2, 0.25) is 0 Å². The fourth-order valence-electron chi connectivity index (χ4n) is 3.42. The van der Waals surface area contributed by atoms with Gasteiger partial charge in [0.1, 0.15) is 11.3 Å². The summed E-state index contributed by atoms with van der Waals surface area (Å²) in [5.74, 6) is -0.303. The molecule has 160 valence electrons. The molecule has 1 aliphatic rings. The Bertz CT molecular complexity index is 1310. The monoisotopic (exact) mass is 459 g/mol. The van der Waals surface area contributed by atoms with E-state index in [0.29, 0.717) is 11.1 Å². The van der Waals surface area contributed by atoms with Crippen LogP contribution in [-0.4, -0.2) is 44.4 Å². The van der Waals surface area contributed by atoms with Gasteiger partial charge in [0.2, 0.25) is 10.0 Å². The third-order valence-corrected chi connectivity index (χ3v) is 8.17. The molecule has 3 aromatic rings. The number of alkyl halides is 3. The van der Waals surface area contributed by atoms with Gasteiger partial charge in [-0.25, -0.2) is 26.5 Å². The van der Waals surface area contributed by atoms with Crippen LogP contribution >= 0.6 is 0 Å². The molecule has 0 bridgehead atoms. The molecule has 1 atom stereocenters. The number of aromatic nitrogens is 2. The molecule has 7 nitrogen and oxygen atoms in total. The molecule has 0 amide bonds. The number of halogens is 3. The van der Waals surface area contributed by atoms with E-state index in [9.17, 15) is 30.0 Å². The third-order valence-electron chi connectivity index (χ3n) is 4.87. The molecule has 1 aromatic carbocycles. The Hall–Kier alpha value is -2.44. The van der Waals surface area contributed by atoms with Gasteiger partial charge in [0, 0.05) is 17.6 Å². The minimum atomic E-state index is -4.55. The molecule has 1 fully saturated rings. The summed E-state index contributed by atoms with van der Waals surface area (Å²) in [5.41, 5.74) is 0.121. The SMILES string of the molecule is O=S1(=O)CCC(NS(=O)(=O)c2ccc(-c3ccnc4[nH]c(C(F)(F)F)cc34)cc2)C1. The van der Waals surface area contributed by atoms with E-state index in [1.807, 2.05) is 0 Å². The predicted molar refractivity (Wildman–Crippen MR) is 104 cm³/mol. The molecule has 1 saturated heterocycles. The Kier molecular flexibility index (Phi) is 4.90. The van der Waals surface area contributed by atoms with Crippen LogP contribution in [0, 0.1) is 0 Å². The first-order valence-electron chi connectivity index (χ1n) is 8.83. The van der Waals surface area contributed by atoms with Crippen molar-refractivity contribution in [2.24, 2.45) is 0 Å². The van der Waals surface area contributed by atoms with Gasteiger partial charge < -0.3 is 4.98 Å². The minimum Gasteiger partial charge on any atom is -0.336 e. The summed E-state index contributed by atoms with van der Waals surface area (Å²) >= 11 is 0. The van der Waals surface area contributed by atoms with Crippen LogP contribution in [0.4, 0.5) is 13.2 Å². The summed E-state index contributed by atoms with van der Waals surface area (Å²) in [6.07, 6.45) is -2.97. The molecule has 0 radical (unpaired) electrons. The van der Waals surface area contributed by atoms with Crippen molar-refractivity contribution in [2.45, 2.75) is 23.5 Å². The number of nitrogens with zero attached hydrogens (tertiary/aromatic N) is 1. The van der Waals surface area contributed by atoms with Gasteiger partial charge in [-0.15, -0.1) is 0 Å². The van der Waals surface area contributed by atoms with Crippen molar-refractivity contribution < 1.29 is 30.0 Å². The van der Waals surface area contributed by atoms with Crippen molar-refractivity contribution in [1.29, 1.82) is 0 Å². The Labute approximate surface area is 170 Å². The number of hydrogen-bond acceptors (Lipinski definition) is 5. The van der Waals surface area contributed by atoms with Gasteiger partial charge in [-0.3, -0.25) is 0 Å². The van der Waals surface area contributed by atoms with Crippen LogP contribution in [-0.2, 0) is 26.0 Å². The lowest BCUT2D eigenvalue weighted by Gasteiger charge is -2.12. The number of sulfone groups is 1. The van der Waals surface area contributed by atoms with Crippen LogP contribution in [0.15, 0.2) is 47.5 Å². The molecule has 30 heavy (non-hydrogen) atoms. The van der Waals surface area contributed by atoms with Gasteiger partial charge in [-0.1, -0.05) is 12.1 Å². The van der Waals surface area contributed by atoms with E-state index in [-0.39, 0.29) is 33.9 Å². The highest BCUT2D eigenvalue weighted by atomic mass is 32.2. The lowest BCUT2D eigenvalue weighted by molar-refractivity contribution is -0.140. The zero-order valence-corrected chi connectivity index (χ0v) is 16.9. The Morgan fingerprint density at radius 1 is 1.13 bits per heavy atom. The van der Waals surface area contributed by atoms with E-state index in [4.69, 9.17) is 0 Å². The maximum Gasteiger partial charge on any atom is 0.431 e. The highest BCUT2D eigenvalue weighted by Crippen LogP contribution is 2.34. The molecule has 1 unspecified atom stereocenters. The molecule has 0 spiro atoms. The molecular formula is C18H16F3N3O4S2. The summed E-state index contributed by atoms with van der Waals surface area (Å²) in [6.45, 7) is 0. The largest absolute Gasteiger partial charge is 0.431 e. The van der Waals surface area contributed by atoms with Gasteiger partial charge in [0.25, 0.3) is 0 Å². The van der Waals surface area contributed by atoms with Crippen LogP contribution in [0.1, 0.15) is 12.1 Å². The number of nitrogens with one attached hydrogen (secondary N) is 2. The Morgan fingerprint density at radius 2 is 1.83 bits per heavy atom. The van der Waals surface area contributed by atoms with Crippen LogP contribution < -0.4 is 4.72 Å². The topological polar surface area (TPSA) is 109 Å². The Balaban J connectivity index is 1.63. The summed E-state index contributed by atoms with van der Waals surface area (Å²) in [7, 11) is -7.17. The fraction of sp³-hybridized carbons (Fsp3) is 0.278. The number of hydrogen-bond donors (Lipinski definition) is 2. The highest BCUT2D eigenvalue weighted by Gasteiger charge is 2.33. The second-order valence-corrected chi connectivity index (χ2v) is 11.0. The average molecular weight is 459 g/mol. The molecule has 12 heteroatoms. The number of H-pyrrole nitrogens is 1. The second-order valence-electron chi connectivity index (χ2n) is 7.05. The van der Waals surface area contributed by atoms with Crippen LogP contribution in [0.3, 0.4) is 0 Å². The normalized spacial score (nSPS) is 19.4. The van der Waals surface area contributed by atoms with E-state index >= 15 is 0 Å². The van der Waals surface area contributed by atoms with E-state index in [2.05, 4.69) is 14.7 Å². The molecule has 0 aliphatic carbocycles. The number of sulfonamides is 1. The number of benzene rings is 1. The van der Waals surface area contributed by atoms with Gasteiger partial charge in [-0.2, -0.15) is 13.2 Å². The van der Waals surface area contributed by atoms with E-state index in [1.165, 1.54) is 30.5 Å². The van der Waals surface area contributed by atoms with Gasteiger partial charge >= 0.3 is 6.18 Å². The summed E-state index contributed by atoms with van der Waals surface area (Å²) in [5, 5.41) is 0.259. The van der Waals surface area contributed by atoms with Crippen molar-refractivity contribution in [3.63, 3.8) is 0 Å². The van der Waals surface area contributed by atoms with Crippen molar-refractivity contribution in [1.82, 2.24) is 14.7 Å². The first-order chi connectivity index (χ1) is 13.9. The number of fused-ring (bicyclic) bond motifs is 1. The number of aromatic amines is 1. The first kappa shape index (κ1) is 20.8.